The van der Waals surface area contributed by atoms with E-state index in [1.54, 1.807) is 0 Å². The van der Waals surface area contributed by atoms with Crippen LogP contribution >= 0.6 is 0 Å². The molecule has 0 aromatic heterocycles. The van der Waals surface area contributed by atoms with Crippen LogP contribution in [0.3, 0.4) is 0 Å². The summed E-state index contributed by atoms with van der Waals surface area (Å²) in [6.07, 6.45) is 4.72. The standard InChI is InChI=1S/C17H25N3O/c21-17(19-13-14-5-2-1-3-6-14)20-12-4-7-16(20)15-8-10-18-11-9-15/h1-3,5-6,15-16,18H,4,7-13H2,(H,19,21). The highest BCUT2D eigenvalue weighted by Gasteiger charge is 2.34. The van der Waals surface area contributed by atoms with E-state index in [2.05, 4.69) is 27.7 Å². The molecule has 1 atom stereocenters. The lowest BCUT2D eigenvalue weighted by Gasteiger charge is -2.34. The lowest BCUT2D eigenvalue weighted by atomic mass is 9.89. The van der Waals surface area contributed by atoms with E-state index in [0.717, 1.165) is 31.6 Å². The molecule has 2 saturated heterocycles. The third kappa shape index (κ3) is 3.56. The molecule has 4 nitrogen and oxygen atoms in total. The van der Waals surface area contributed by atoms with Crippen LogP contribution in [0.2, 0.25) is 0 Å². The summed E-state index contributed by atoms with van der Waals surface area (Å²) < 4.78 is 0. The largest absolute Gasteiger partial charge is 0.334 e. The van der Waals surface area contributed by atoms with Crippen LogP contribution < -0.4 is 10.6 Å². The molecule has 0 aliphatic carbocycles. The van der Waals surface area contributed by atoms with Crippen molar-refractivity contribution in [2.45, 2.75) is 38.3 Å². The molecule has 0 spiro atoms. The van der Waals surface area contributed by atoms with Crippen molar-refractivity contribution in [2.24, 2.45) is 5.92 Å². The van der Waals surface area contributed by atoms with E-state index < -0.39 is 0 Å². The van der Waals surface area contributed by atoms with Gasteiger partial charge < -0.3 is 15.5 Å². The molecule has 2 amide bonds. The lowest BCUT2D eigenvalue weighted by molar-refractivity contribution is 0.159. The molecule has 2 fully saturated rings. The molecule has 114 valence electrons. The molecule has 2 aliphatic heterocycles. The minimum atomic E-state index is 0.111. The summed E-state index contributed by atoms with van der Waals surface area (Å²) in [5, 5.41) is 6.49. The third-order valence-electron chi connectivity index (χ3n) is 4.77. The molecule has 1 unspecified atom stereocenters. The number of piperidine rings is 1. The molecule has 0 radical (unpaired) electrons. The molecule has 3 rings (SSSR count). The Kier molecular flexibility index (Phi) is 4.76. The number of likely N-dealkylation sites (tertiary alicyclic amines) is 1. The molecule has 2 N–H and O–H groups in total. The first-order chi connectivity index (χ1) is 10.3. The molecule has 0 bridgehead atoms. The Morgan fingerprint density at radius 1 is 1.19 bits per heavy atom. The molecule has 0 saturated carbocycles. The number of amides is 2. The van der Waals surface area contributed by atoms with Crippen molar-refractivity contribution < 1.29 is 4.79 Å². The summed E-state index contributed by atoms with van der Waals surface area (Å²) in [5.74, 6) is 0.677. The van der Waals surface area contributed by atoms with E-state index in [1.807, 2.05) is 18.2 Å². The van der Waals surface area contributed by atoms with Crippen LogP contribution in [0.1, 0.15) is 31.2 Å². The zero-order valence-corrected chi connectivity index (χ0v) is 12.6. The first-order valence-corrected chi connectivity index (χ1v) is 8.14. The van der Waals surface area contributed by atoms with E-state index in [-0.39, 0.29) is 6.03 Å². The molecule has 21 heavy (non-hydrogen) atoms. The Bertz CT molecular complexity index is 456. The summed E-state index contributed by atoms with van der Waals surface area (Å²) >= 11 is 0. The van der Waals surface area contributed by atoms with E-state index in [1.165, 1.54) is 19.3 Å². The molecule has 4 heteroatoms. The van der Waals surface area contributed by atoms with Crippen LogP contribution in [0.5, 0.6) is 0 Å². The fourth-order valence-electron chi connectivity index (χ4n) is 3.64. The smallest absolute Gasteiger partial charge is 0.317 e. The Morgan fingerprint density at radius 2 is 1.95 bits per heavy atom. The summed E-state index contributed by atoms with van der Waals surface area (Å²) in [7, 11) is 0. The second kappa shape index (κ2) is 6.94. The number of rotatable bonds is 3. The average Bonchev–Trinajstić information content (AvgIpc) is 3.04. The van der Waals surface area contributed by atoms with E-state index in [9.17, 15) is 4.79 Å². The van der Waals surface area contributed by atoms with Gasteiger partial charge in [-0.1, -0.05) is 30.3 Å². The van der Waals surface area contributed by atoms with Gasteiger partial charge >= 0.3 is 6.03 Å². The lowest BCUT2D eigenvalue weighted by Crippen LogP contribution is -2.47. The van der Waals surface area contributed by atoms with Crippen molar-refractivity contribution in [1.29, 1.82) is 0 Å². The number of carbonyl (C=O) groups is 1. The Labute approximate surface area is 126 Å². The highest BCUT2D eigenvalue weighted by atomic mass is 16.2. The van der Waals surface area contributed by atoms with Crippen LogP contribution in [0.25, 0.3) is 0 Å². The van der Waals surface area contributed by atoms with E-state index in [0.29, 0.717) is 18.5 Å². The predicted octanol–water partition coefficient (Wildman–Crippen LogP) is 2.36. The van der Waals surface area contributed by atoms with Gasteiger partial charge in [-0.3, -0.25) is 0 Å². The van der Waals surface area contributed by atoms with Crippen molar-refractivity contribution in [3.63, 3.8) is 0 Å². The minimum absolute atomic E-state index is 0.111. The second-order valence-corrected chi connectivity index (χ2v) is 6.13. The first kappa shape index (κ1) is 14.4. The number of nitrogens with zero attached hydrogens (tertiary/aromatic N) is 1. The maximum atomic E-state index is 12.5. The molecular weight excluding hydrogens is 262 g/mol. The number of benzene rings is 1. The average molecular weight is 287 g/mol. The monoisotopic (exact) mass is 287 g/mol. The molecule has 2 aliphatic rings. The van der Waals surface area contributed by atoms with Gasteiger partial charge in [0, 0.05) is 19.1 Å². The Hall–Kier alpha value is -1.55. The van der Waals surface area contributed by atoms with Gasteiger partial charge in [-0.2, -0.15) is 0 Å². The molecule has 1 aromatic carbocycles. The number of nitrogens with one attached hydrogen (secondary N) is 2. The fourth-order valence-corrected chi connectivity index (χ4v) is 3.64. The Morgan fingerprint density at radius 3 is 2.71 bits per heavy atom. The van der Waals surface area contributed by atoms with Gasteiger partial charge in [0.05, 0.1) is 0 Å². The Balaban J connectivity index is 1.55. The van der Waals surface area contributed by atoms with Gasteiger partial charge in [-0.05, 0) is 50.3 Å². The highest BCUT2D eigenvalue weighted by molar-refractivity contribution is 5.74. The maximum absolute atomic E-state index is 12.5. The fraction of sp³-hybridized carbons (Fsp3) is 0.588. The van der Waals surface area contributed by atoms with Gasteiger partial charge in [0.25, 0.3) is 0 Å². The summed E-state index contributed by atoms with van der Waals surface area (Å²) in [6, 6.07) is 10.7. The van der Waals surface area contributed by atoms with E-state index in [4.69, 9.17) is 0 Å². The van der Waals surface area contributed by atoms with Crippen molar-refractivity contribution in [2.75, 3.05) is 19.6 Å². The molecular formula is C17H25N3O. The van der Waals surface area contributed by atoms with Crippen LogP contribution in [0.15, 0.2) is 30.3 Å². The van der Waals surface area contributed by atoms with E-state index >= 15 is 0 Å². The number of carbonyl (C=O) groups excluding carboxylic acids is 1. The zero-order chi connectivity index (χ0) is 14.5. The first-order valence-electron chi connectivity index (χ1n) is 8.14. The van der Waals surface area contributed by atoms with Crippen molar-refractivity contribution in [1.82, 2.24) is 15.5 Å². The van der Waals surface area contributed by atoms with Crippen molar-refractivity contribution in [3.05, 3.63) is 35.9 Å². The van der Waals surface area contributed by atoms with Gasteiger partial charge in [0.2, 0.25) is 0 Å². The van der Waals surface area contributed by atoms with Gasteiger partial charge in [-0.25, -0.2) is 4.79 Å². The highest BCUT2D eigenvalue weighted by Crippen LogP contribution is 2.29. The normalized spacial score (nSPS) is 23.2. The topological polar surface area (TPSA) is 44.4 Å². The number of hydrogen-bond donors (Lipinski definition) is 2. The molecule has 2 heterocycles. The quantitative estimate of drug-likeness (QED) is 0.896. The van der Waals surface area contributed by atoms with Gasteiger partial charge in [-0.15, -0.1) is 0 Å². The van der Waals surface area contributed by atoms with Crippen molar-refractivity contribution >= 4 is 6.03 Å². The molecule has 1 aromatic rings. The minimum Gasteiger partial charge on any atom is -0.334 e. The van der Waals surface area contributed by atoms with Crippen LogP contribution in [-0.4, -0.2) is 36.6 Å². The number of urea groups is 1. The second-order valence-electron chi connectivity index (χ2n) is 6.13. The van der Waals surface area contributed by atoms with Crippen LogP contribution in [0.4, 0.5) is 4.79 Å². The SMILES string of the molecule is O=C(NCc1ccccc1)N1CCCC1C1CCNCC1. The summed E-state index contributed by atoms with van der Waals surface area (Å²) in [4.78, 5) is 14.6. The number of hydrogen-bond acceptors (Lipinski definition) is 2. The zero-order valence-electron chi connectivity index (χ0n) is 12.6. The van der Waals surface area contributed by atoms with Crippen LogP contribution in [0, 0.1) is 5.92 Å². The van der Waals surface area contributed by atoms with Crippen molar-refractivity contribution in [3.8, 4) is 0 Å². The van der Waals surface area contributed by atoms with Gasteiger partial charge in [0.15, 0.2) is 0 Å². The summed E-state index contributed by atoms with van der Waals surface area (Å²) in [5.41, 5.74) is 1.16. The summed E-state index contributed by atoms with van der Waals surface area (Å²) in [6.45, 7) is 3.73. The third-order valence-corrected chi connectivity index (χ3v) is 4.77. The van der Waals surface area contributed by atoms with Crippen LogP contribution in [-0.2, 0) is 6.54 Å². The van der Waals surface area contributed by atoms with Gasteiger partial charge in [0.1, 0.15) is 0 Å². The predicted molar refractivity (Wildman–Crippen MR) is 84.0 cm³/mol. The maximum Gasteiger partial charge on any atom is 0.317 e.